The van der Waals surface area contributed by atoms with Crippen LogP contribution in [-0.4, -0.2) is 48.9 Å². The monoisotopic (exact) mass is 443 g/mol. The summed E-state index contributed by atoms with van der Waals surface area (Å²) in [6, 6.07) is 11.0. The number of likely N-dealkylation sites (tertiary alicyclic amines) is 1. The number of amidine groups is 1. The topological polar surface area (TPSA) is 93.5 Å². The van der Waals surface area contributed by atoms with Crippen molar-refractivity contribution < 1.29 is 22.3 Å². The molecule has 29 heavy (non-hydrogen) atoms. The van der Waals surface area contributed by atoms with E-state index in [1.807, 2.05) is 0 Å². The Bertz CT molecular complexity index is 1020. The summed E-state index contributed by atoms with van der Waals surface area (Å²) < 4.78 is 55.7. The number of nitrogens with one attached hydrogen (secondary N) is 2. The number of rotatable bonds is 5. The van der Waals surface area contributed by atoms with Gasteiger partial charge in [-0.25, -0.2) is 17.2 Å². The summed E-state index contributed by atoms with van der Waals surface area (Å²) in [5, 5.41) is 18.4. The van der Waals surface area contributed by atoms with Crippen LogP contribution in [0.2, 0.25) is 5.02 Å². The van der Waals surface area contributed by atoms with Gasteiger partial charge in [-0.2, -0.15) is 0 Å². The normalized spacial score (nSPS) is 19.8. The molecule has 1 saturated heterocycles. The van der Waals surface area contributed by atoms with Gasteiger partial charge in [0, 0.05) is 6.42 Å². The second kappa shape index (κ2) is 7.89. The highest BCUT2D eigenvalue weighted by atomic mass is 35.5. The van der Waals surface area contributed by atoms with Gasteiger partial charge in [-0.3, -0.25) is 10.1 Å². The Hall–Kier alpha value is -2.23. The summed E-state index contributed by atoms with van der Waals surface area (Å²) in [5.74, 6) is -3.47. The zero-order valence-electron chi connectivity index (χ0n) is 15.4. The number of aliphatic hydroxyl groups is 1. The van der Waals surface area contributed by atoms with Crippen molar-refractivity contribution in [3.63, 3.8) is 0 Å². The average Bonchev–Trinajstić information content (AvgIpc) is 2.98. The highest BCUT2D eigenvalue weighted by Gasteiger charge is 2.48. The van der Waals surface area contributed by atoms with Gasteiger partial charge in [0.1, 0.15) is 5.84 Å². The first-order chi connectivity index (χ1) is 13.5. The van der Waals surface area contributed by atoms with E-state index in [9.17, 15) is 22.3 Å². The summed E-state index contributed by atoms with van der Waals surface area (Å²) in [6.07, 6.45) is -1.72. The van der Waals surface area contributed by atoms with Gasteiger partial charge in [0.2, 0.25) is 0 Å². The smallest absolute Gasteiger partial charge is 0.267 e. The van der Waals surface area contributed by atoms with Crippen molar-refractivity contribution in [2.75, 3.05) is 11.3 Å². The van der Waals surface area contributed by atoms with E-state index in [4.69, 9.17) is 17.0 Å². The molecule has 0 spiro atoms. The molecule has 0 aromatic heterocycles. The van der Waals surface area contributed by atoms with Crippen LogP contribution in [0.4, 0.5) is 14.5 Å². The molecule has 2 aromatic rings. The van der Waals surface area contributed by atoms with Gasteiger partial charge in [-0.15, -0.1) is 0 Å². The van der Waals surface area contributed by atoms with E-state index in [0.717, 1.165) is 4.90 Å². The Balaban J connectivity index is 2.00. The SMILES string of the molecule is CC(O)C1CC(F)(F)CN1C(=N)c1c(Cl)cccc1NS(=O)(=O)c1ccccc1. The van der Waals surface area contributed by atoms with Gasteiger partial charge in [0.05, 0.1) is 39.9 Å². The van der Waals surface area contributed by atoms with Gasteiger partial charge in [-0.05, 0) is 31.2 Å². The lowest BCUT2D eigenvalue weighted by Crippen LogP contribution is -2.42. The van der Waals surface area contributed by atoms with Crippen molar-refractivity contribution >= 4 is 33.1 Å². The van der Waals surface area contributed by atoms with E-state index < -0.39 is 41.1 Å². The van der Waals surface area contributed by atoms with Crippen LogP contribution in [0.15, 0.2) is 53.4 Å². The van der Waals surface area contributed by atoms with Gasteiger partial charge in [0.25, 0.3) is 15.9 Å². The van der Waals surface area contributed by atoms with Gasteiger partial charge in [-0.1, -0.05) is 35.9 Å². The largest absolute Gasteiger partial charge is 0.391 e. The van der Waals surface area contributed by atoms with Crippen LogP contribution >= 0.6 is 11.6 Å². The molecular weight excluding hydrogens is 424 g/mol. The lowest BCUT2D eigenvalue weighted by Gasteiger charge is -2.29. The Labute approximate surface area is 172 Å². The average molecular weight is 444 g/mol. The highest BCUT2D eigenvalue weighted by Crippen LogP contribution is 2.37. The lowest BCUT2D eigenvalue weighted by atomic mass is 10.1. The number of hydrogen-bond acceptors (Lipinski definition) is 4. The van der Waals surface area contributed by atoms with Crippen LogP contribution in [0.1, 0.15) is 18.9 Å². The molecule has 3 N–H and O–H groups in total. The first-order valence-corrected chi connectivity index (χ1v) is 10.7. The molecule has 10 heteroatoms. The third kappa shape index (κ3) is 4.52. The standard InChI is InChI=1S/C19H20ClF2N3O3S/c1-12(26)16-10-19(21,22)11-25(16)18(23)17-14(20)8-5-9-15(17)24-29(27,28)13-6-3-2-4-7-13/h2-9,12,16,23-24,26H,10-11H2,1H3. The number of anilines is 1. The van der Waals surface area contributed by atoms with Gasteiger partial charge < -0.3 is 10.0 Å². The molecular formula is C19H20ClF2N3O3S. The molecule has 1 aliphatic heterocycles. The summed E-state index contributed by atoms with van der Waals surface area (Å²) in [6.45, 7) is 0.607. The van der Waals surface area contributed by atoms with E-state index in [0.29, 0.717) is 0 Å². The quantitative estimate of drug-likeness (QED) is 0.486. The van der Waals surface area contributed by atoms with Crippen LogP contribution in [0.25, 0.3) is 0 Å². The molecule has 2 unspecified atom stereocenters. The number of halogens is 3. The lowest BCUT2D eigenvalue weighted by molar-refractivity contribution is 0.0136. The molecule has 2 aromatic carbocycles. The summed E-state index contributed by atoms with van der Waals surface area (Å²) in [5.41, 5.74) is -0.0389. The number of sulfonamides is 1. The molecule has 0 amide bonds. The molecule has 6 nitrogen and oxygen atoms in total. The van der Waals surface area contributed by atoms with Gasteiger partial charge in [0.15, 0.2) is 0 Å². The van der Waals surface area contributed by atoms with E-state index in [2.05, 4.69) is 4.72 Å². The van der Waals surface area contributed by atoms with Crippen LogP contribution in [0, 0.1) is 5.41 Å². The molecule has 0 radical (unpaired) electrons. The fraction of sp³-hybridized carbons (Fsp3) is 0.316. The molecule has 3 rings (SSSR count). The predicted octanol–water partition coefficient (Wildman–Crippen LogP) is 3.56. The third-order valence-corrected chi connectivity index (χ3v) is 6.40. The van der Waals surface area contributed by atoms with E-state index in [-0.39, 0.29) is 27.0 Å². The Kier molecular flexibility index (Phi) is 5.84. The van der Waals surface area contributed by atoms with Gasteiger partial charge >= 0.3 is 0 Å². The minimum Gasteiger partial charge on any atom is -0.391 e. The second-order valence-corrected chi connectivity index (χ2v) is 9.02. The van der Waals surface area contributed by atoms with Crippen LogP contribution in [0.5, 0.6) is 0 Å². The number of alkyl halides is 2. The maximum absolute atomic E-state index is 14.0. The molecule has 1 heterocycles. The molecule has 1 aliphatic rings. The maximum atomic E-state index is 14.0. The predicted molar refractivity (Wildman–Crippen MR) is 107 cm³/mol. The van der Waals surface area contributed by atoms with Crippen molar-refractivity contribution in [3.05, 3.63) is 59.1 Å². The molecule has 0 aliphatic carbocycles. The summed E-state index contributed by atoms with van der Waals surface area (Å²) in [7, 11) is -3.98. The molecule has 1 fully saturated rings. The highest BCUT2D eigenvalue weighted by molar-refractivity contribution is 7.92. The zero-order valence-corrected chi connectivity index (χ0v) is 17.0. The second-order valence-electron chi connectivity index (χ2n) is 6.93. The number of nitrogens with zero attached hydrogens (tertiary/aromatic N) is 1. The van der Waals surface area contributed by atoms with Crippen LogP contribution in [-0.2, 0) is 10.0 Å². The van der Waals surface area contributed by atoms with Crippen molar-refractivity contribution in [3.8, 4) is 0 Å². The molecule has 2 atom stereocenters. The van der Waals surface area contributed by atoms with Crippen molar-refractivity contribution in [1.29, 1.82) is 5.41 Å². The molecule has 0 bridgehead atoms. The number of aliphatic hydroxyl groups excluding tert-OH is 1. The van der Waals surface area contributed by atoms with Crippen molar-refractivity contribution in [2.45, 2.75) is 36.3 Å². The molecule has 156 valence electrons. The minimum absolute atomic E-state index is 0.00650. The Morgan fingerprint density at radius 3 is 2.55 bits per heavy atom. The minimum atomic E-state index is -3.98. The Morgan fingerprint density at radius 2 is 1.93 bits per heavy atom. The van der Waals surface area contributed by atoms with Crippen LogP contribution in [0.3, 0.4) is 0 Å². The summed E-state index contributed by atoms with van der Waals surface area (Å²) in [4.78, 5) is 1.07. The third-order valence-electron chi connectivity index (χ3n) is 4.70. The fourth-order valence-corrected chi connectivity index (χ4v) is 4.68. The first kappa shape index (κ1) is 21.5. The van der Waals surface area contributed by atoms with E-state index in [1.165, 1.54) is 37.3 Å². The Morgan fingerprint density at radius 1 is 1.28 bits per heavy atom. The van der Waals surface area contributed by atoms with E-state index in [1.54, 1.807) is 18.2 Å². The first-order valence-electron chi connectivity index (χ1n) is 8.80. The number of hydrogen-bond donors (Lipinski definition) is 3. The zero-order chi connectivity index (χ0) is 21.4. The summed E-state index contributed by atoms with van der Waals surface area (Å²) >= 11 is 6.22. The van der Waals surface area contributed by atoms with E-state index >= 15 is 0 Å². The van der Waals surface area contributed by atoms with Crippen LogP contribution < -0.4 is 4.72 Å². The maximum Gasteiger partial charge on any atom is 0.267 e. The van der Waals surface area contributed by atoms with Crippen molar-refractivity contribution in [1.82, 2.24) is 4.90 Å². The number of benzene rings is 2. The molecule has 0 saturated carbocycles. The fourth-order valence-electron chi connectivity index (χ4n) is 3.32. The van der Waals surface area contributed by atoms with Crippen molar-refractivity contribution in [2.24, 2.45) is 0 Å².